The molecule has 0 aliphatic carbocycles. The third-order valence-electron chi connectivity index (χ3n) is 5.80. The zero-order valence-corrected chi connectivity index (χ0v) is 21.1. The van der Waals surface area contributed by atoms with Crippen LogP contribution in [0.5, 0.6) is 0 Å². The topological polar surface area (TPSA) is 93.6 Å². The maximum absolute atomic E-state index is 11.2. The average molecular weight is 500 g/mol. The van der Waals surface area contributed by atoms with Gasteiger partial charge in [-0.3, -0.25) is 4.79 Å². The van der Waals surface area contributed by atoms with Crippen LogP contribution in [-0.2, 0) is 27.4 Å². The van der Waals surface area contributed by atoms with Crippen LogP contribution in [0.4, 0.5) is 0 Å². The Bertz CT molecular complexity index is 1090. The largest absolute Gasteiger partial charge is 0.392 e. The van der Waals surface area contributed by atoms with E-state index >= 15 is 0 Å². The molecule has 0 radical (unpaired) electrons. The predicted octanol–water partition coefficient (Wildman–Crippen LogP) is 4.56. The van der Waals surface area contributed by atoms with Gasteiger partial charge in [-0.1, -0.05) is 78.6 Å². The van der Waals surface area contributed by atoms with Gasteiger partial charge in [-0.05, 0) is 23.6 Å². The van der Waals surface area contributed by atoms with Gasteiger partial charge in [-0.25, -0.2) is 0 Å². The summed E-state index contributed by atoms with van der Waals surface area (Å²) in [4.78, 5) is 11.2. The molecule has 4 atom stereocenters. The molecule has 2 heterocycles. The van der Waals surface area contributed by atoms with E-state index < -0.39 is 6.29 Å². The lowest BCUT2D eigenvalue weighted by atomic mass is 9.91. The van der Waals surface area contributed by atoms with Crippen LogP contribution in [0.3, 0.4) is 0 Å². The second kappa shape index (κ2) is 11.4. The van der Waals surface area contributed by atoms with Gasteiger partial charge >= 0.3 is 0 Å². The standard InChI is InChI=1S/C25H29N3O4S2/c1-15-22(14-33-25-28-27-17(3)34-25)31-24(21-10-4-18(5-11-21)12-26-16(2)30)32-23(15)20-8-6-19(13-29)7-9-20/h4-11,15,22-24,29H,12-14H2,1-3H3,(H,26,30)/t15-,22+,23+,24+/m1/s1. The lowest BCUT2D eigenvalue weighted by Gasteiger charge is -2.41. The number of aliphatic hydroxyl groups is 1. The number of amides is 1. The maximum atomic E-state index is 11.2. The number of aromatic nitrogens is 2. The van der Waals surface area contributed by atoms with Gasteiger partial charge in [0.1, 0.15) is 5.01 Å². The van der Waals surface area contributed by atoms with E-state index in [4.69, 9.17) is 9.47 Å². The van der Waals surface area contributed by atoms with Gasteiger partial charge in [-0.2, -0.15) is 0 Å². The highest BCUT2D eigenvalue weighted by Gasteiger charge is 2.38. The summed E-state index contributed by atoms with van der Waals surface area (Å²) in [6.45, 7) is 6.10. The first-order valence-electron chi connectivity index (χ1n) is 11.2. The molecule has 2 N–H and O–H groups in total. The van der Waals surface area contributed by atoms with Crippen LogP contribution in [0.2, 0.25) is 0 Å². The number of carbonyl (C=O) groups is 1. The van der Waals surface area contributed by atoms with Crippen LogP contribution in [-0.4, -0.2) is 33.1 Å². The molecule has 7 nitrogen and oxygen atoms in total. The molecular formula is C25H29N3O4S2. The molecular weight excluding hydrogens is 470 g/mol. The van der Waals surface area contributed by atoms with Gasteiger partial charge in [0.2, 0.25) is 5.91 Å². The second-order valence-corrected chi connectivity index (χ2v) is 10.8. The van der Waals surface area contributed by atoms with Crippen molar-refractivity contribution >= 4 is 29.0 Å². The zero-order chi connectivity index (χ0) is 24.1. The summed E-state index contributed by atoms with van der Waals surface area (Å²) >= 11 is 3.24. The van der Waals surface area contributed by atoms with Crippen LogP contribution in [0.1, 0.15) is 53.5 Å². The Balaban J connectivity index is 1.54. The number of aryl methyl sites for hydroxylation is 1. The van der Waals surface area contributed by atoms with Crippen molar-refractivity contribution in [2.75, 3.05) is 5.75 Å². The van der Waals surface area contributed by atoms with E-state index in [1.165, 1.54) is 6.92 Å². The SMILES string of the molecule is CC(=O)NCc1ccc([C@H]2O[C@@H](CSc3nnc(C)s3)[C@@H](C)[C@@H](c3ccc(CO)cc3)O2)cc1. The highest BCUT2D eigenvalue weighted by atomic mass is 32.2. The van der Waals surface area contributed by atoms with Crippen molar-refractivity contribution in [1.82, 2.24) is 15.5 Å². The number of carbonyl (C=O) groups excluding carboxylic acids is 1. The highest BCUT2D eigenvalue weighted by Crippen LogP contribution is 2.43. The van der Waals surface area contributed by atoms with Crippen molar-refractivity contribution in [3.8, 4) is 0 Å². The number of nitrogens with zero attached hydrogens (tertiary/aromatic N) is 2. The van der Waals surface area contributed by atoms with Crippen LogP contribution in [0.15, 0.2) is 52.9 Å². The Kier molecular flexibility index (Phi) is 8.33. The van der Waals surface area contributed by atoms with E-state index in [-0.39, 0.29) is 30.6 Å². The number of nitrogens with one attached hydrogen (secondary N) is 1. The number of rotatable bonds is 8. The number of hydrogen-bond donors (Lipinski definition) is 2. The molecule has 0 saturated carbocycles. The van der Waals surface area contributed by atoms with Gasteiger partial charge in [-0.15, -0.1) is 10.2 Å². The first-order valence-corrected chi connectivity index (χ1v) is 13.0. The van der Waals surface area contributed by atoms with E-state index in [1.807, 2.05) is 55.5 Å². The third kappa shape index (κ3) is 6.22. The van der Waals surface area contributed by atoms with Gasteiger partial charge in [0.25, 0.3) is 0 Å². The molecule has 0 unspecified atom stereocenters. The minimum atomic E-state index is -0.518. The molecule has 0 spiro atoms. The molecule has 2 aromatic carbocycles. The minimum absolute atomic E-state index is 0.0124. The van der Waals surface area contributed by atoms with E-state index in [1.54, 1.807) is 23.1 Å². The molecule has 180 valence electrons. The van der Waals surface area contributed by atoms with Crippen LogP contribution in [0, 0.1) is 12.8 Å². The predicted molar refractivity (Wildman–Crippen MR) is 132 cm³/mol. The Morgan fingerprint density at radius 2 is 1.74 bits per heavy atom. The van der Waals surface area contributed by atoms with Crippen molar-refractivity contribution in [3.63, 3.8) is 0 Å². The summed E-state index contributed by atoms with van der Waals surface area (Å²) in [7, 11) is 0. The fourth-order valence-electron chi connectivity index (χ4n) is 3.82. The summed E-state index contributed by atoms with van der Waals surface area (Å²) in [6.07, 6.45) is -0.739. The molecule has 1 amide bonds. The molecule has 34 heavy (non-hydrogen) atoms. The second-order valence-electron chi connectivity index (χ2n) is 8.37. The quantitative estimate of drug-likeness (QED) is 0.439. The molecule has 9 heteroatoms. The van der Waals surface area contributed by atoms with E-state index in [0.717, 1.165) is 37.4 Å². The minimum Gasteiger partial charge on any atom is -0.392 e. The monoisotopic (exact) mass is 499 g/mol. The maximum Gasteiger partial charge on any atom is 0.217 e. The van der Waals surface area contributed by atoms with Gasteiger partial charge < -0.3 is 19.9 Å². The normalized spacial score (nSPS) is 22.5. The lowest BCUT2D eigenvalue weighted by Crippen LogP contribution is -2.38. The Morgan fingerprint density at radius 1 is 1.06 bits per heavy atom. The van der Waals surface area contributed by atoms with Crippen molar-refractivity contribution in [2.24, 2.45) is 5.92 Å². The molecule has 1 aliphatic rings. The summed E-state index contributed by atoms with van der Waals surface area (Å²) in [5.74, 6) is 0.788. The fourth-order valence-corrected chi connectivity index (χ4v) is 5.82. The van der Waals surface area contributed by atoms with E-state index in [9.17, 15) is 9.90 Å². The molecule has 1 fully saturated rings. The number of ether oxygens (including phenoxy) is 2. The third-order valence-corrected chi connectivity index (χ3v) is 7.86. The smallest absolute Gasteiger partial charge is 0.217 e. The number of thioether (sulfide) groups is 1. The number of hydrogen-bond acceptors (Lipinski definition) is 8. The average Bonchev–Trinajstić information content (AvgIpc) is 3.27. The van der Waals surface area contributed by atoms with Gasteiger partial charge in [0.15, 0.2) is 10.6 Å². The molecule has 0 bridgehead atoms. The zero-order valence-electron chi connectivity index (χ0n) is 19.4. The van der Waals surface area contributed by atoms with Crippen molar-refractivity contribution in [3.05, 3.63) is 75.8 Å². The van der Waals surface area contributed by atoms with Crippen LogP contribution in [0.25, 0.3) is 0 Å². The first kappa shape index (κ1) is 24.8. The molecule has 1 saturated heterocycles. The lowest BCUT2D eigenvalue weighted by molar-refractivity contribution is -0.268. The molecule has 3 aromatic rings. The van der Waals surface area contributed by atoms with Gasteiger partial charge in [0, 0.05) is 30.7 Å². The summed E-state index contributed by atoms with van der Waals surface area (Å²) in [6, 6.07) is 15.8. The van der Waals surface area contributed by atoms with Crippen molar-refractivity contribution < 1.29 is 19.4 Å². The number of aliphatic hydroxyl groups excluding tert-OH is 1. The van der Waals surface area contributed by atoms with Crippen LogP contribution >= 0.6 is 23.1 Å². The summed E-state index contributed by atoms with van der Waals surface area (Å²) in [5.41, 5.74) is 3.87. The first-order chi connectivity index (χ1) is 16.4. The molecule has 1 aromatic heterocycles. The summed E-state index contributed by atoms with van der Waals surface area (Å²) < 4.78 is 13.9. The fraction of sp³-hybridized carbons (Fsp3) is 0.400. The van der Waals surface area contributed by atoms with E-state index in [0.29, 0.717) is 6.54 Å². The highest BCUT2D eigenvalue weighted by molar-refractivity contribution is 8.01. The molecule has 4 rings (SSSR count). The van der Waals surface area contributed by atoms with Crippen molar-refractivity contribution in [1.29, 1.82) is 0 Å². The number of benzene rings is 2. The Labute approximate surface area is 207 Å². The van der Waals surface area contributed by atoms with Crippen LogP contribution < -0.4 is 5.32 Å². The Morgan fingerprint density at radius 3 is 2.35 bits per heavy atom. The summed E-state index contributed by atoms with van der Waals surface area (Å²) in [5, 5.41) is 21.5. The van der Waals surface area contributed by atoms with E-state index in [2.05, 4.69) is 22.4 Å². The Hall–Kier alpha value is -2.30. The van der Waals surface area contributed by atoms with Crippen molar-refractivity contribution in [2.45, 2.75) is 56.8 Å². The van der Waals surface area contributed by atoms with Gasteiger partial charge in [0.05, 0.1) is 18.8 Å². The molecule has 1 aliphatic heterocycles.